The van der Waals surface area contributed by atoms with Gasteiger partial charge in [0, 0.05) is 24.3 Å². The van der Waals surface area contributed by atoms with Crippen molar-refractivity contribution in [3.63, 3.8) is 0 Å². The Bertz CT molecular complexity index is 624. The van der Waals surface area contributed by atoms with Gasteiger partial charge in [-0.25, -0.2) is 0 Å². The molecule has 23 heavy (non-hydrogen) atoms. The molecule has 5 heteroatoms. The lowest BCUT2D eigenvalue weighted by Gasteiger charge is -2.17. The van der Waals surface area contributed by atoms with E-state index in [9.17, 15) is 4.79 Å². The topological polar surface area (TPSA) is 81.6 Å². The van der Waals surface area contributed by atoms with Crippen LogP contribution >= 0.6 is 0 Å². The zero-order valence-corrected chi connectivity index (χ0v) is 13.4. The molecule has 5 nitrogen and oxygen atoms in total. The van der Waals surface area contributed by atoms with Crippen LogP contribution in [0, 0.1) is 0 Å². The second-order valence-electron chi connectivity index (χ2n) is 5.53. The lowest BCUT2D eigenvalue weighted by molar-refractivity contribution is 0.100. The van der Waals surface area contributed by atoms with Gasteiger partial charge < -0.3 is 21.1 Å². The molecular weight excluding hydrogens is 290 g/mol. The molecule has 2 rings (SSSR count). The monoisotopic (exact) mass is 313 g/mol. The number of nitrogens with zero attached hydrogens (tertiary/aromatic N) is 1. The zero-order valence-electron chi connectivity index (χ0n) is 13.4. The van der Waals surface area contributed by atoms with Crippen molar-refractivity contribution in [2.75, 3.05) is 32.5 Å². The normalized spacial score (nSPS) is 10.7. The van der Waals surface area contributed by atoms with E-state index in [2.05, 4.69) is 24.1 Å². The fourth-order valence-electron chi connectivity index (χ4n) is 2.15. The van der Waals surface area contributed by atoms with E-state index >= 15 is 0 Å². The van der Waals surface area contributed by atoms with E-state index in [1.54, 1.807) is 24.3 Å². The number of hydrogen-bond donors (Lipinski definition) is 2. The van der Waals surface area contributed by atoms with E-state index in [1.807, 2.05) is 12.1 Å². The maximum absolute atomic E-state index is 11.0. The van der Waals surface area contributed by atoms with Crippen LogP contribution in [0.2, 0.25) is 0 Å². The van der Waals surface area contributed by atoms with E-state index < -0.39 is 5.91 Å². The van der Waals surface area contributed by atoms with Gasteiger partial charge in [-0.2, -0.15) is 0 Å². The number of hydrogen-bond acceptors (Lipinski definition) is 4. The van der Waals surface area contributed by atoms with Crippen LogP contribution in [0.1, 0.15) is 15.9 Å². The lowest BCUT2D eigenvalue weighted by Crippen LogP contribution is -2.26. The highest BCUT2D eigenvalue weighted by Gasteiger charge is 2.02. The molecule has 0 atom stereocenters. The molecule has 2 aromatic carbocycles. The summed E-state index contributed by atoms with van der Waals surface area (Å²) in [5.41, 5.74) is 13.4. The fourth-order valence-corrected chi connectivity index (χ4v) is 2.15. The highest BCUT2D eigenvalue weighted by molar-refractivity contribution is 5.92. The van der Waals surface area contributed by atoms with Gasteiger partial charge in [0.15, 0.2) is 0 Å². The maximum Gasteiger partial charge on any atom is 0.248 e. The SMILES string of the molecule is CN(CCOc1ccc(C(N)=O)cc1)CCc1ccc(N)cc1. The van der Waals surface area contributed by atoms with Crippen molar-refractivity contribution in [1.29, 1.82) is 0 Å². The Morgan fingerprint density at radius 1 is 1.04 bits per heavy atom. The highest BCUT2D eigenvalue weighted by Crippen LogP contribution is 2.12. The van der Waals surface area contributed by atoms with Gasteiger partial charge in [-0.05, 0) is 55.4 Å². The maximum atomic E-state index is 11.0. The molecule has 4 N–H and O–H groups in total. The molecule has 0 aliphatic rings. The average Bonchev–Trinajstić information content (AvgIpc) is 2.55. The van der Waals surface area contributed by atoms with Crippen LogP contribution in [-0.2, 0) is 6.42 Å². The number of likely N-dealkylation sites (N-methyl/N-ethyl adjacent to an activating group) is 1. The molecule has 122 valence electrons. The summed E-state index contributed by atoms with van der Waals surface area (Å²) in [5.74, 6) is 0.306. The number of benzene rings is 2. The quantitative estimate of drug-likeness (QED) is 0.730. The fraction of sp³-hybridized carbons (Fsp3) is 0.278. The highest BCUT2D eigenvalue weighted by atomic mass is 16.5. The van der Waals surface area contributed by atoms with Gasteiger partial charge in [-0.15, -0.1) is 0 Å². The van der Waals surface area contributed by atoms with E-state index in [0.29, 0.717) is 12.2 Å². The average molecular weight is 313 g/mol. The number of primary amides is 1. The molecule has 0 spiro atoms. The largest absolute Gasteiger partial charge is 0.492 e. The first-order valence-electron chi connectivity index (χ1n) is 7.60. The van der Waals surface area contributed by atoms with Crippen LogP contribution in [0.15, 0.2) is 48.5 Å². The summed E-state index contributed by atoms with van der Waals surface area (Å²) in [7, 11) is 2.07. The Hall–Kier alpha value is -2.53. The first-order valence-corrected chi connectivity index (χ1v) is 7.60. The van der Waals surface area contributed by atoms with Crippen LogP contribution < -0.4 is 16.2 Å². The Balaban J connectivity index is 1.69. The van der Waals surface area contributed by atoms with Crippen molar-refractivity contribution in [2.45, 2.75) is 6.42 Å². The van der Waals surface area contributed by atoms with Gasteiger partial charge in [-0.1, -0.05) is 12.1 Å². The van der Waals surface area contributed by atoms with Crippen molar-refractivity contribution in [3.05, 3.63) is 59.7 Å². The molecule has 0 heterocycles. The van der Waals surface area contributed by atoms with Crippen LogP contribution in [0.3, 0.4) is 0 Å². The van der Waals surface area contributed by atoms with E-state index in [0.717, 1.165) is 30.9 Å². The molecule has 0 bridgehead atoms. The molecule has 0 saturated heterocycles. The van der Waals surface area contributed by atoms with Crippen LogP contribution in [0.5, 0.6) is 5.75 Å². The molecular formula is C18H23N3O2. The molecule has 0 saturated carbocycles. The van der Waals surface area contributed by atoms with Crippen molar-refractivity contribution < 1.29 is 9.53 Å². The van der Waals surface area contributed by atoms with Gasteiger partial charge in [0.05, 0.1) is 0 Å². The number of carbonyl (C=O) groups is 1. The zero-order chi connectivity index (χ0) is 16.7. The summed E-state index contributed by atoms with van der Waals surface area (Å²) in [6.07, 6.45) is 0.976. The molecule has 0 aliphatic carbocycles. The smallest absolute Gasteiger partial charge is 0.248 e. The van der Waals surface area contributed by atoms with Gasteiger partial charge in [0.1, 0.15) is 12.4 Å². The molecule has 1 amide bonds. The minimum atomic E-state index is -0.432. The molecule has 0 fully saturated rings. The van der Waals surface area contributed by atoms with Crippen molar-refractivity contribution in [2.24, 2.45) is 5.73 Å². The van der Waals surface area contributed by atoms with Crippen LogP contribution in [0.4, 0.5) is 5.69 Å². The number of rotatable bonds is 8. The van der Waals surface area contributed by atoms with Crippen LogP contribution in [0.25, 0.3) is 0 Å². The molecule has 0 aliphatic heterocycles. The van der Waals surface area contributed by atoms with Crippen molar-refractivity contribution in [1.82, 2.24) is 4.90 Å². The second-order valence-corrected chi connectivity index (χ2v) is 5.53. The second kappa shape index (κ2) is 8.19. The Labute approximate surface area is 136 Å². The number of nitrogen functional groups attached to an aromatic ring is 1. The molecule has 0 aromatic heterocycles. The van der Waals surface area contributed by atoms with E-state index in [1.165, 1.54) is 5.56 Å². The van der Waals surface area contributed by atoms with Gasteiger partial charge in [0.2, 0.25) is 5.91 Å². The number of amides is 1. The summed E-state index contributed by atoms with van der Waals surface area (Å²) in [5, 5.41) is 0. The van der Waals surface area contributed by atoms with Gasteiger partial charge in [-0.3, -0.25) is 4.79 Å². The number of carbonyl (C=O) groups excluding carboxylic acids is 1. The minimum Gasteiger partial charge on any atom is -0.492 e. The first-order chi connectivity index (χ1) is 11.0. The Kier molecular flexibility index (Phi) is 6.00. The van der Waals surface area contributed by atoms with Crippen molar-refractivity contribution in [3.8, 4) is 5.75 Å². The van der Waals surface area contributed by atoms with E-state index in [-0.39, 0.29) is 0 Å². The van der Waals surface area contributed by atoms with Crippen LogP contribution in [-0.4, -0.2) is 37.6 Å². The summed E-state index contributed by atoms with van der Waals surface area (Å²) in [4.78, 5) is 13.2. The molecule has 2 aromatic rings. The minimum absolute atomic E-state index is 0.432. The first kappa shape index (κ1) is 16.8. The standard InChI is InChI=1S/C18H23N3O2/c1-21(11-10-14-2-6-16(19)7-3-14)12-13-23-17-8-4-15(5-9-17)18(20)22/h2-9H,10-13,19H2,1H3,(H2,20,22). The number of nitrogens with two attached hydrogens (primary N) is 2. The summed E-state index contributed by atoms with van der Waals surface area (Å²) in [6, 6.07) is 14.8. The third kappa shape index (κ3) is 5.64. The summed E-state index contributed by atoms with van der Waals surface area (Å²) in [6.45, 7) is 2.37. The third-order valence-electron chi connectivity index (χ3n) is 3.64. The molecule has 0 unspecified atom stereocenters. The third-order valence-corrected chi connectivity index (χ3v) is 3.64. The predicted molar refractivity (Wildman–Crippen MR) is 92.5 cm³/mol. The number of anilines is 1. The van der Waals surface area contributed by atoms with Gasteiger partial charge >= 0.3 is 0 Å². The summed E-state index contributed by atoms with van der Waals surface area (Å²) < 4.78 is 5.67. The summed E-state index contributed by atoms with van der Waals surface area (Å²) >= 11 is 0. The Morgan fingerprint density at radius 3 is 2.30 bits per heavy atom. The molecule has 0 radical (unpaired) electrons. The predicted octanol–water partition coefficient (Wildman–Crippen LogP) is 1.92. The van der Waals surface area contributed by atoms with Crippen molar-refractivity contribution >= 4 is 11.6 Å². The van der Waals surface area contributed by atoms with Gasteiger partial charge in [0.25, 0.3) is 0 Å². The number of ether oxygens (including phenoxy) is 1. The van der Waals surface area contributed by atoms with E-state index in [4.69, 9.17) is 16.2 Å². The Morgan fingerprint density at radius 2 is 1.70 bits per heavy atom. The lowest BCUT2D eigenvalue weighted by atomic mass is 10.1.